The van der Waals surface area contributed by atoms with Gasteiger partial charge in [-0.2, -0.15) is 0 Å². The van der Waals surface area contributed by atoms with Crippen molar-refractivity contribution in [3.8, 4) is 0 Å². The minimum Gasteiger partial charge on any atom is -0.369 e. The molecule has 0 saturated carbocycles. The second-order valence-electron chi connectivity index (χ2n) is 7.02. The van der Waals surface area contributed by atoms with Crippen LogP contribution in [0.2, 0.25) is 0 Å². The van der Waals surface area contributed by atoms with E-state index >= 15 is 0 Å². The molecule has 5 heteroatoms. The lowest BCUT2D eigenvalue weighted by atomic mass is 9.96. The van der Waals surface area contributed by atoms with Gasteiger partial charge in [-0.3, -0.25) is 15.0 Å². The summed E-state index contributed by atoms with van der Waals surface area (Å²) < 4.78 is 0. The summed E-state index contributed by atoms with van der Waals surface area (Å²) in [5.74, 6) is 0. The Kier molecular flexibility index (Phi) is 5.35. The summed E-state index contributed by atoms with van der Waals surface area (Å²) in [6.45, 7) is 3.67. The Balaban J connectivity index is 1.51. The molecule has 0 bridgehead atoms. The van der Waals surface area contributed by atoms with Gasteiger partial charge in [0, 0.05) is 44.0 Å². The first kappa shape index (κ1) is 18.2. The third kappa shape index (κ3) is 3.89. The molecule has 1 aliphatic heterocycles. The molecule has 1 aliphatic rings. The minimum atomic E-state index is -0.355. The number of piperazine rings is 1. The predicted octanol–water partition coefficient (Wildman–Crippen LogP) is 4.51. The highest BCUT2D eigenvalue weighted by Gasteiger charge is 2.26. The van der Waals surface area contributed by atoms with Gasteiger partial charge in [-0.05, 0) is 23.3 Å². The number of non-ortho nitro benzene ring substituents is 1. The lowest BCUT2D eigenvalue weighted by Crippen LogP contribution is -2.48. The summed E-state index contributed by atoms with van der Waals surface area (Å²) in [5, 5.41) is 10.9. The molecule has 0 amide bonds. The molecule has 142 valence electrons. The molecule has 0 radical (unpaired) electrons. The van der Waals surface area contributed by atoms with Gasteiger partial charge in [0.05, 0.1) is 11.0 Å². The molecule has 1 fully saturated rings. The van der Waals surface area contributed by atoms with Crippen molar-refractivity contribution in [3.63, 3.8) is 0 Å². The summed E-state index contributed by atoms with van der Waals surface area (Å²) in [4.78, 5) is 15.3. The third-order valence-corrected chi connectivity index (χ3v) is 5.34. The summed E-state index contributed by atoms with van der Waals surface area (Å²) in [6.07, 6.45) is 0. The first-order valence-electron chi connectivity index (χ1n) is 9.56. The Labute approximate surface area is 165 Å². The van der Waals surface area contributed by atoms with Crippen molar-refractivity contribution in [1.82, 2.24) is 4.90 Å². The van der Waals surface area contributed by atoms with Crippen molar-refractivity contribution in [2.75, 3.05) is 31.1 Å². The van der Waals surface area contributed by atoms with Crippen LogP contribution < -0.4 is 4.90 Å². The van der Waals surface area contributed by atoms with Crippen LogP contribution in [-0.4, -0.2) is 36.0 Å². The number of benzene rings is 3. The highest BCUT2D eigenvalue weighted by molar-refractivity contribution is 5.51. The normalized spacial score (nSPS) is 15.0. The van der Waals surface area contributed by atoms with E-state index in [9.17, 15) is 10.1 Å². The number of nitro benzene ring substituents is 1. The average Bonchev–Trinajstić information content (AvgIpc) is 2.76. The molecule has 3 aromatic rings. The quantitative estimate of drug-likeness (QED) is 0.488. The largest absolute Gasteiger partial charge is 0.369 e. The van der Waals surface area contributed by atoms with Gasteiger partial charge in [0.2, 0.25) is 0 Å². The van der Waals surface area contributed by atoms with E-state index in [0.29, 0.717) is 0 Å². The topological polar surface area (TPSA) is 49.6 Å². The summed E-state index contributed by atoms with van der Waals surface area (Å²) >= 11 is 0. The molecule has 5 nitrogen and oxygen atoms in total. The second kappa shape index (κ2) is 8.23. The number of anilines is 1. The standard InChI is InChI=1S/C23H23N3O2/c27-26(28)22-13-11-21(12-14-22)24-15-17-25(18-16-24)23(19-7-3-1-4-8-19)20-9-5-2-6-10-20/h1-14,23H,15-18H2. The zero-order chi connectivity index (χ0) is 19.3. The SMILES string of the molecule is O=[N+]([O-])c1ccc(N2CCN(C(c3ccccc3)c3ccccc3)CC2)cc1. The number of hydrogen-bond acceptors (Lipinski definition) is 4. The minimum absolute atomic E-state index is 0.135. The van der Waals surface area contributed by atoms with Crippen LogP contribution in [0.4, 0.5) is 11.4 Å². The van der Waals surface area contributed by atoms with Gasteiger partial charge in [-0.15, -0.1) is 0 Å². The molecular weight excluding hydrogens is 350 g/mol. The molecule has 0 aliphatic carbocycles. The zero-order valence-corrected chi connectivity index (χ0v) is 15.6. The fraction of sp³-hybridized carbons (Fsp3) is 0.217. The van der Waals surface area contributed by atoms with Crippen LogP contribution in [-0.2, 0) is 0 Å². The van der Waals surface area contributed by atoms with E-state index in [1.54, 1.807) is 12.1 Å². The second-order valence-corrected chi connectivity index (χ2v) is 7.02. The zero-order valence-electron chi connectivity index (χ0n) is 15.6. The Morgan fingerprint density at radius 2 is 1.21 bits per heavy atom. The van der Waals surface area contributed by atoms with Crippen molar-refractivity contribution in [1.29, 1.82) is 0 Å². The van der Waals surface area contributed by atoms with Crippen molar-refractivity contribution < 1.29 is 4.92 Å². The Morgan fingerprint density at radius 1 is 0.714 bits per heavy atom. The van der Waals surface area contributed by atoms with Crippen LogP contribution in [0.15, 0.2) is 84.9 Å². The van der Waals surface area contributed by atoms with E-state index in [1.807, 2.05) is 12.1 Å². The van der Waals surface area contributed by atoms with E-state index < -0.39 is 0 Å². The number of nitrogens with zero attached hydrogens (tertiary/aromatic N) is 3. The first-order valence-corrected chi connectivity index (χ1v) is 9.56. The summed E-state index contributed by atoms with van der Waals surface area (Å²) in [6, 6.07) is 28.4. The van der Waals surface area contributed by atoms with E-state index in [4.69, 9.17) is 0 Å². The third-order valence-electron chi connectivity index (χ3n) is 5.34. The van der Waals surface area contributed by atoms with E-state index in [-0.39, 0.29) is 16.7 Å². The van der Waals surface area contributed by atoms with Crippen LogP contribution in [0, 0.1) is 10.1 Å². The Bertz CT molecular complexity index is 866. The van der Waals surface area contributed by atoms with Gasteiger partial charge in [0.1, 0.15) is 0 Å². The van der Waals surface area contributed by atoms with Crippen LogP contribution in [0.25, 0.3) is 0 Å². The molecule has 28 heavy (non-hydrogen) atoms. The van der Waals surface area contributed by atoms with Crippen LogP contribution in [0.3, 0.4) is 0 Å². The van der Waals surface area contributed by atoms with Crippen molar-refractivity contribution in [2.45, 2.75) is 6.04 Å². The van der Waals surface area contributed by atoms with E-state index in [2.05, 4.69) is 70.5 Å². The van der Waals surface area contributed by atoms with E-state index in [1.165, 1.54) is 11.1 Å². The molecule has 0 spiro atoms. The molecule has 0 atom stereocenters. The monoisotopic (exact) mass is 373 g/mol. The molecule has 1 saturated heterocycles. The molecule has 4 rings (SSSR count). The van der Waals surface area contributed by atoms with Gasteiger partial charge < -0.3 is 4.90 Å². The number of rotatable bonds is 5. The molecule has 3 aromatic carbocycles. The average molecular weight is 373 g/mol. The smallest absolute Gasteiger partial charge is 0.269 e. The fourth-order valence-corrected chi connectivity index (χ4v) is 3.91. The van der Waals surface area contributed by atoms with E-state index in [0.717, 1.165) is 31.9 Å². The summed E-state index contributed by atoms with van der Waals surface area (Å²) in [7, 11) is 0. The van der Waals surface area contributed by atoms with Crippen LogP contribution >= 0.6 is 0 Å². The van der Waals surface area contributed by atoms with Crippen molar-refractivity contribution >= 4 is 11.4 Å². The molecule has 0 aromatic heterocycles. The fourth-order valence-electron chi connectivity index (χ4n) is 3.91. The van der Waals surface area contributed by atoms with Crippen LogP contribution in [0.5, 0.6) is 0 Å². The maximum atomic E-state index is 10.9. The predicted molar refractivity (Wildman–Crippen MR) is 112 cm³/mol. The molecule has 0 N–H and O–H groups in total. The Morgan fingerprint density at radius 3 is 1.68 bits per heavy atom. The molecule has 1 heterocycles. The van der Waals surface area contributed by atoms with Crippen LogP contribution in [0.1, 0.15) is 17.2 Å². The summed E-state index contributed by atoms with van der Waals surface area (Å²) in [5.41, 5.74) is 3.78. The maximum Gasteiger partial charge on any atom is 0.269 e. The van der Waals surface area contributed by atoms with Gasteiger partial charge >= 0.3 is 0 Å². The maximum absolute atomic E-state index is 10.9. The molecule has 0 unspecified atom stereocenters. The van der Waals surface area contributed by atoms with Gasteiger partial charge in [0.25, 0.3) is 5.69 Å². The van der Waals surface area contributed by atoms with Gasteiger partial charge in [-0.1, -0.05) is 60.7 Å². The van der Waals surface area contributed by atoms with Gasteiger partial charge in [-0.25, -0.2) is 0 Å². The highest BCUT2D eigenvalue weighted by Crippen LogP contribution is 2.30. The lowest BCUT2D eigenvalue weighted by Gasteiger charge is -2.40. The first-order chi connectivity index (χ1) is 13.7. The van der Waals surface area contributed by atoms with Crippen molar-refractivity contribution in [3.05, 3.63) is 106 Å². The number of nitro groups is 1. The number of hydrogen-bond donors (Lipinski definition) is 0. The Hall–Kier alpha value is -3.18. The lowest BCUT2D eigenvalue weighted by molar-refractivity contribution is -0.384. The van der Waals surface area contributed by atoms with Crippen molar-refractivity contribution in [2.24, 2.45) is 0 Å². The highest BCUT2D eigenvalue weighted by atomic mass is 16.6. The van der Waals surface area contributed by atoms with Gasteiger partial charge in [0.15, 0.2) is 0 Å². The molecular formula is C23H23N3O2.